The molecule has 2 amide bonds. The van der Waals surface area contributed by atoms with Gasteiger partial charge in [0.05, 0.1) is 5.31 Å². The van der Waals surface area contributed by atoms with Crippen molar-refractivity contribution < 1.29 is 14.2 Å². The van der Waals surface area contributed by atoms with Gasteiger partial charge in [-0.15, -0.1) is 0 Å². The Morgan fingerprint density at radius 3 is 1.38 bits per heavy atom. The minimum absolute atomic E-state index is 0.183. The van der Waals surface area contributed by atoms with Crippen molar-refractivity contribution in [3.63, 3.8) is 0 Å². The van der Waals surface area contributed by atoms with E-state index in [-0.39, 0.29) is 11.0 Å². The normalized spacial score (nSPS) is 11.9. The van der Waals surface area contributed by atoms with Crippen LogP contribution in [0.4, 0.5) is 0 Å². The summed E-state index contributed by atoms with van der Waals surface area (Å²) in [6.45, 7) is 0. The quantitative estimate of drug-likeness (QED) is 0.315. The van der Waals surface area contributed by atoms with Crippen molar-refractivity contribution in [2.24, 2.45) is 5.73 Å². The van der Waals surface area contributed by atoms with Gasteiger partial charge in [0, 0.05) is 16.2 Å². The van der Waals surface area contributed by atoms with Gasteiger partial charge in [0.15, 0.2) is 7.14 Å². The van der Waals surface area contributed by atoms with Crippen LogP contribution in [0.3, 0.4) is 0 Å². The smallest absolute Gasteiger partial charge is 0.266 e. The van der Waals surface area contributed by atoms with E-state index in [0.717, 1.165) is 0 Å². The van der Waals surface area contributed by atoms with Crippen LogP contribution in [0, 0.1) is 0 Å². The summed E-state index contributed by atoms with van der Waals surface area (Å²) in [7, 11) is -3.65. The Morgan fingerprint density at radius 2 is 0.971 bits per heavy atom. The second-order valence-corrected chi connectivity index (χ2v) is 10.3. The molecule has 0 saturated heterocycles. The number of nitrogens with two attached hydrogens (primary N) is 1. The first kappa shape index (κ1) is 23.0. The van der Waals surface area contributed by atoms with Crippen molar-refractivity contribution in [2.45, 2.75) is 0 Å². The lowest BCUT2D eigenvalue weighted by Crippen LogP contribution is -2.33. The number of carbonyl (C=O) groups is 2. The topological polar surface area (TPSA) is 89.3 Å². The lowest BCUT2D eigenvalue weighted by atomic mass is 10.1. The van der Waals surface area contributed by atoms with Gasteiger partial charge in [-0.2, -0.15) is 0 Å². The van der Waals surface area contributed by atoms with E-state index in [4.69, 9.17) is 5.73 Å². The van der Waals surface area contributed by atoms with Gasteiger partial charge < -0.3 is 15.6 Å². The number of carbonyl (C=O) groups excluding carboxylic acids is 2. The number of rotatable bonds is 7. The summed E-state index contributed by atoms with van der Waals surface area (Å²) in [5, 5.41) is 3.90. The molecule has 0 saturated carbocycles. The number of benzene rings is 4. The maximum Gasteiger partial charge on any atom is 0.266 e. The van der Waals surface area contributed by atoms with Crippen molar-refractivity contribution >= 4 is 34.9 Å². The monoisotopic (exact) mass is 466 g/mol. The van der Waals surface area contributed by atoms with Crippen LogP contribution in [0.15, 0.2) is 127 Å². The molecule has 4 aromatic carbocycles. The van der Waals surface area contributed by atoms with Crippen LogP contribution in [0.25, 0.3) is 5.31 Å². The molecule has 168 valence electrons. The molecule has 0 fully saturated rings. The average Bonchev–Trinajstić information content (AvgIpc) is 2.90. The molecule has 34 heavy (non-hydrogen) atoms. The zero-order valence-electron chi connectivity index (χ0n) is 18.3. The van der Waals surface area contributed by atoms with Crippen LogP contribution in [0.5, 0.6) is 0 Å². The summed E-state index contributed by atoms with van der Waals surface area (Å²) in [4.78, 5) is 25.9. The number of primary amides is 1. The van der Waals surface area contributed by atoms with E-state index in [9.17, 15) is 9.59 Å². The number of hydrogen-bond donors (Lipinski definition) is 2. The van der Waals surface area contributed by atoms with Gasteiger partial charge in [-0.1, -0.05) is 109 Å². The van der Waals surface area contributed by atoms with Crippen LogP contribution < -0.4 is 21.7 Å². The van der Waals surface area contributed by atoms with Crippen molar-refractivity contribution in [1.82, 2.24) is 5.32 Å². The fraction of sp³-hybridized carbons (Fsp3) is 0. The Labute approximate surface area is 198 Å². The third kappa shape index (κ3) is 4.61. The molecule has 4 rings (SSSR count). The maximum atomic E-state index is 15.2. The second kappa shape index (κ2) is 10.2. The van der Waals surface area contributed by atoms with E-state index in [1.165, 1.54) is 0 Å². The van der Waals surface area contributed by atoms with Crippen LogP contribution in [-0.4, -0.2) is 11.8 Å². The molecule has 0 radical (unpaired) electrons. The molecule has 0 unspecified atom stereocenters. The summed E-state index contributed by atoms with van der Waals surface area (Å²) in [6, 6.07) is 35.3. The fourth-order valence-corrected chi connectivity index (χ4v) is 6.77. The minimum atomic E-state index is -3.65. The molecule has 0 heterocycles. The van der Waals surface area contributed by atoms with Gasteiger partial charge >= 0.3 is 0 Å². The van der Waals surface area contributed by atoms with E-state index in [1.54, 1.807) is 103 Å². The van der Waals surface area contributed by atoms with Crippen molar-refractivity contribution in [3.8, 4) is 0 Å². The summed E-state index contributed by atoms with van der Waals surface area (Å²) < 4.78 is 15.2. The summed E-state index contributed by atoms with van der Waals surface area (Å²) >= 11 is 0. The Hall–Kier alpha value is -4.21. The van der Waals surface area contributed by atoms with Gasteiger partial charge in [0.25, 0.3) is 11.8 Å². The SMILES string of the molecule is NC(=O)/C(NC(=O)c1ccccc1)=C(\c1ccccc1)P(=O)(c1ccccc1)c1ccccc1. The summed E-state index contributed by atoms with van der Waals surface area (Å²) in [5.74, 6) is -1.40. The van der Waals surface area contributed by atoms with Crippen molar-refractivity contribution in [1.29, 1.82) is 0 Å². The highest BCUT2D eigenvalue weighted by Crippen LogP contribution is 2.57. The van der Waals surface area contributed by atoms with Gasteiger partial charge in [-0.05, 0) is 17.7 Å². The third-order valence-electron chi connectivity index (χ3n) is 5.36. The molecule has 0 aliphatic heterocycles. The van der Waals surface area contributed by atoms with E-state index < -0.39 is 19.0 Å². The Bertz CT molecular complexity index is 1330. The maximum absolute atomic E-state index is 15.2. The number of hydrogen-bond acceptors (Lipinski definition) is 3. The van der Waals surface area contributed by atoms with Crippen LogP contribution in [-0.2, 0) is 9.36 Å². The Morgan fingerprint density at radius 1 is 0.588 bits per heavy atom. The zero-order chi connectivity index (χ0) is 24.0. The summed E-state index contributed by atoms with van der Waals surface area (Å²) in [6.07, 6.45) is 0. The molecular formula is C28H23N2O3P. The van der Waals surface area contributed by atoms with E-state index in [1.807, 2.05) is 18.2 Å². The van der Waals surface area contributed by atoms with Crippen molar-refractivity contribution in [3.05, 3.63) is 138 Å². The largest absolute Gasteiger partial charge is 0.364 e. The van der Waals surface area contributed by atoms with Crippen LogP contribution in [0.2, 0.25) is 0 Å². The average molecular weight is 466 g/mol. The fourth-order valence-electron chi connectivity index (χ4n) is 3.78. The lowest BCUT2D eigenvalue weighted by molar-refractivity contribution is -0.114. The molecule has 0 aliphatic carbocycles. The molecule has 5 nitrogen and oxygen atoms in total. The first-order chi connectivity index (χ1) is 16.5. The zero-order valence-corrected chi connectivity index (χ0v) is 19.2. The lowest BCUT2D eigenvalue weighted by Gasteiger charge is -2.25. The predicted octanol–water partition coefficient (Wildman–Crippen LogP) is 4.28. The first-order valence-corrected chi connectivity index (χ1v) is 12.4. The molecule has 3 N–H and O–H groups in total. The van der Waals surface area contributed by atoms with Crippen molar-refractivity contribution in [2.75, 3.05) is 0 Å². The molecule has 0 aromatic heterocycles. The Kier molecular flexibility index (Phi) is 6.86. The van der Waals surface area contributed by atoms with E-state index >= 15 is 4.57 Å². The molecule has 4 aromatic rings. The predicted molar refractivity (Wildman–Crippen MR) is 136 cm³/mol. The van der Waals surface area contributed by atoms with Crippen LogP contribution in [0.1, 0.15) is 15.9 Å². The Balaban J connectivity index is 2.04. The van der Waals surface area contributed by atoms with Gasteiger partial charge in [0.2, 0.25) is 0 Å². The third-order valence-corrected chi connectivity index (χ3v) is 8.52. The standard InChI is InChI=1S/C28H23N2O3P/c29-27(31)25(30-28(32)22-15-7-2-8-16-22)26(21-13-5-1-6-14-21)34(33,23-17-9-3-10-18-23)24-19-11-4-12-20-24/h1-20H,(H2,29,31)(H,30,32)/b26-25-. The van der Waals surface area contributed by atoms with Gasteiger partial charge in [-0.25, -0.2) is 0 Å². The second-order valence-electron chi connectivity index (χ2n) is 7.55. The van der Waals surface area contributed by atoms with Gasteiger partial charge in [-0.3, -0.25) is 9.59 Å². The highest BCUT2D eigenvalue weighted by Gasteiger charge is 2.37. The van der Waals surface area contributed by atoms with Crippen LogP contribution >= 0.6 is 7.14 Å². The molecule has 0 spiro atoms. The van der Waals surface area contributed by atoms with E-state index in [0.29, 0.717) is 21.7 Å². The molecule has 0 bridgehead atoms. The molecule has 0 aliphatic rings. The minimum Gasteiger partial charge on any atom is -0.364 e. The number of nitrogens with one attached hydrogen (secondary N) is 1. The first-order valence-electron chi connectivity index (χ1n) is 10.7. The highest BCUT2D eigenvalue weighted by molar-refractivity contribution is 7.87. The summed E-state index contributed by atoms with van der Waals surface area (Å²) in [5.41, 5.74) is 6.50. The highest BCUT2D eigenvalue weighted by atomic mass is 31.2. The van der Waals surface area contributed by atoms with E-state index in [2.05, 4.69) is 5.32 Å². The molecular weight excluding hydrogens is 443 g/mol. The number of amides is 2. The molecule has 6 heteroatoms. The van der Waals surface area contributed by atoms with Gasteiger partial charge in [0.1, 0.15) is 5.70 Å². The molecule has 0 atom stereocenters.